The lowest BCUT2D eigenvalue weighted by molar-refractivity contribution is -0.239. The molecule has 0 spiro atoms. The number of para-hydroxylation sites is 1. The molecular formula is C31H31N3O6. The first-order valence-electron chi connectivity index (χ1n) is 13.2. The molecule has 0 saturated carbocycles. The van der Waals surface area contributed by atoms with Crippen molar-refractivity contribution in [1.82, 2.24) is 10.2 Å². The lowest BCUT2D eigenvalue weighted by atomic mass is 9.88. The first-order chi connectivity index (χ1) is 19.4. The van der Waals surface area contributed by atoms with Crippen molar-refractivity contribution in [3.63, 3.8) is 0 Å². The lowest BCUT2D eigenvalue weighted by Crippen LogP contribution is -2.33. The molecule has 40 heavy (non-hydrogen) atoms. The maximum absolute atomic E-state index is 13.2. The van der Waals surface area contributed by atoms with E-state index in [0.717, 1.165) is 24.6 Å². The van der Waals surface area contributed by atoms with E-state index in [4.69, 9.17) is 19.6 Å². The molecule has 2 aromatic rings. The molecule has 3 unspecified atom stereocenters. The summed E-state index contributed by atoms with van der Waals surface area (Å²) in [5.41, 5.74) is 0.754. The molecule has 2 aliphatic heterocycles. The molecule has 2 N–H and O–H groups in total. The SMILES string of the molecule is CC1C=CC(Oc2ccccc2)=CC1C(=O)NC1=CN=C(N2CCC(OOc3cccc(C(=O)O)c3)C2)CC=C1. The van der Waals surface area contributed by atoms with Crippen LogP contribution in [0.2, 0.25) is 0 Å². The van der Waals surface area contributed by atoms with Crippen LogP contribution < -0.4 is 14.9 Å². The number of likely N-dealkylation sites (tertiary alicyclic amines) is 1. The molecule has 0 radical (unpaired) electrons. The largest absolute Gasteiger partial charge is 0.478 e. The number of benzene rings is 2. The number of ether oxygens (including phenoxy) is 1. The van der Waals surface area contributed by atoms with Gasteiger partial charge in [-0.15, -0.1) is 0 Å². The fraction of sp³-hybridized carbons (Fsp3) is 0.258. The zero-order valence-corrected chi connectivity index (χ0v) is 22.1. The van der Waals surface area contributed by atoms with Crippen molar-refractivity contribution >= 4 is 17.7 Å². The standard InChI is InChI=1S/C31H31N3O6/c1-21-13-14-25(38-24-9-3-2-4-10-24)18-28(21)30(35)33-23-8-6-12-29(32-19-23)34-16-15-27(20-34)40-39-26-11-5-7-22(17-26)31(36)37/h2-11,13-14,17-19,21,27-28H,12,15-16,20H2,1H3,(H,33,35)(H,36,37). The predicted molar refractivity (Wildman–Crippen MR) is 149 cm³/mol. The second-order valence-electron chi connectivity index (χ2n) is 9.82. The van der Waals surface area contributed by atoms with Crippen LogP contribution in [-0.2, 0) is 9.68 Å². The van der Waals surface area contributed by atoms with E-state index in [-0.39, 0.29) is 29.4 Å². The van der Waals surface area contributed by atoms with Crippen molar-refractivity contribution in [1.29, 1.82) is 0 Å². The normalized spacial score (nSPS) is 22.1. The third-order valence-electron chi connectivity index (χ3n) is 6.85. The average Bonchev–Trinajstić information content (AvgIpc) is 3.32. The molecular weight excluding hydrogens is 510 g/mol. The van der Waals surface area contributed by atoms with Crippen LogP contribution in [0.4, 0.5) is 0 Å². The first-order valence-corrected chi connectivity index (χ1v) is 13.2. The summed E-state index contributed by atoms with van der Waals surface area (Å²) >= 11 is 0. The summed E-state index contributed by atoms with van der Waals surface area (Å²) < 4.78 is 5.93. The highest BCUT2D eigenvalue weighted by Gasteiger charge is 2.28. The monoisotopic (exact) mass is 541 g/mol. The lowest BCUT2D eigenvalue weighted by Gasteiger charge is -2.22. The Morgan fingerprint density at radius 2 is 1.90 bits per heavy atom. The highest BCUT2D eigenvalue weighted by atomic mass is 17.2. The van der Waals surface area contributed by atoms with Gasteiger partial charge in [-0.05, 0) is 60.9 Å². The predicted octanol–water partition coefficient (Wildman–Crippen LogP) is 4.87. The Bertz CT molecular complexity index is 1390. The van der Waals surface area contributed by atoms with Gasteiger partial charge < -0.3 is 24.9 Å². The Labute approximate surface area is 232 Å². The highest BCUT2D eigenvalue weighted by Crippen LogP contribution is 2.26. The maximum Gasteiger partial charge on any atom is 0.335 e. The first kappa shape index (κ1) is 27.0. The van der Waals surface area contributed by atoms with E-state index < -0.39 is 5.97 Å². The van der Waals surface area contributed by atoms with Crippen LogP contribution in [0.15, 0.2) is 108 Å². The summed E-state index contributed by atoms with van der Waals surface area (Å²) in [7, 11) is 0. The number of nitrogens with zero attached hydrogens (tertiary/aromatic N) is 2. The van der Waals surface area contributed by atoms with Crippen LogP contribution in [0.5, 0.6) is 11.5 Å². The van der Waals surface area contributed by atoms with Crippen LogP contribution in [0.25, 0.3) is 0 Å². The Kier molecular flexibility index (Phi) is 8.41. The van der Waals surface area contributed by atoms with E-state index in [2.05, 4.69) is 15.2 Å². The number of hydrogen-bond donors (Lipinski definition) is 2. The number of aliphatic imine (C=N–C) groups is 1. The molecule has 5 rings (SSSR count). The van der Waals surface area contributed by atoms with E-state index in [1.54, 1.807) is 18.3 Å². The molecule has 1 saturated heterocycles. The smallest absolute Gasteiger partial charge is 0.335 e. The van der Waals surface area contributed by atoms with E-state index in [9.17, 15) is 9.59 Å². The van der Waals surface area contributed by atoms with Gasteiger partial charge in [-0.3, -0.25) is 4.79 Å². The minimum Gasteiger partial charge on any atom is -0.478 e. The summed E-state index contributed by atoms with van der Waals surface area (Å²) in [6, 6.07) is 15.7. The summed E-state index contributed by atoms with van der Waals surface area (Å²) in [6.45, 7) is 3.33. The van der Waals surface area contributed by atoms with Gasteiger partial charge in [0.2, 0.25) is 5.91 Å². The fourth-order valence-electron chi connectivity index (χ4n) is 4.64. The number of carboxylic acids is 1. The molecule has 1 aliphatic carbocycles. The molecule has 3 aliphatic rings. The van der Waals surface area contributed by atoms with Gasteiger partial charge in [0.25, 0.3) is 0 Å². The maximum atomic E-state index is 13.2. The number of aromatic carboxylic acids is 1. The molecule has 1 fully saturated rings. The van der Waals surface area contributed by atoms with E-state index in [1.165, 1.54) is 12.1 Å². The Morgan fingerprint density at radius 3 is 2.73 bits per heavy atom. The number of carbonyl (C=O) groups excluding carboxylic acids is 1. The molecule has 9 nitrogen and oxygen atoms in total. The van der Waals surface area contributed by atoms with Gasteiger partial charge in [-0.2, -0.15) is 4.89 Å². The fourth-order valence-corrected chi connectivity index (χ4v) is 4.64. The zero-order valence-electron chi connectivity index (χ0n) is 22.1. The molecule has 206 valence electrons. The summed E-state index contributed by atoms with van der Waals surface area (Å²) in [6.07, 6.45) is 12.4. The number of allylic oxidation sites excluding steroid dienone is 3. The molecule has 3 atom stereocenters. The van der Waals surface area contributed by atoms with Gasteiger partial charge in [-0.1, -0.05) is 43.3 Å². The summed E-state index contributed by atoms with van der Waals surface area (Å²) in [4.78, 5) is 42.1. The van der Waals surface area contributed by atoms with Crippen molar-refractivity contribution in [2.45, 2.75) is 25.9 Å². The zero-order chi connectivity index (χ0) is 27.9. The van der Waals surface area contributed by atoms with Gasteiger partial charge in [0.05, 0.1) is 23.4 Å². The van der Waals surface area contributed by atoms with Gasteiger partial charge >= 0.3 is 5.97 Å². The van der Waals surface area contributed by atoms with Gasteiger partial charge in [0.1, 0.15) is 23.4 Å². The topological polar surface area (TPSA) is 110 Å². The minimum absolute atomic E-state index is 0.0212. The molecule has 0 aromatic heterocycles. The number of carbonyl (C=O) groups is 2. The number of amides is 1. The van der Waals surface area contributed by atoms with E-state index >= 15 is 0 Å². The van der Waals surface area contributed by atoms with Crippen LogP contribution in [0.1, 0.15) is 30.1 Å². The second kappa shape index (κ2) is 12.5. The molecule has 1 amide bonds. The van der Waals surface area contributed by atoms with Crippen LogP contribution in [-0.4, -0.2) is 46.9 Å². The van der Waals surface area contributed by atoms with Gasteiger partial charge in [0, 0.05) is 19.5 Å². The third-order valence-corrected chi connectivity index (χ3v) is 6.85. The summed E-state index contributed by atoms with van der Waals surface area (Å²) in [5, 5.41) is 12.1. The minimum atomic E-state index is -1.02. The van der Waals surface area contributed by atoms with Crippen LogP contribution >= 0.6 is 0 Å². The van der Waals surface area contributed by atoms with Crippen LogP contribution in [0.3, 0.4) is 0 Å². The molecule has 2 aromatic carbocycles. The second-order valence-corrected chi connectivity index (χ2v) is 9.82. The Hall–Kier alpha value is -4.63. The molecule has 0 bridgehead atoms. The van der Waals surface area contributed by atoms with Crippen molar-refractivity contribution in [3.8, 4) is 11.5 Å². The number of amidine groups is 1. The molecule has 9 heteroatoms. The highest BCUT2D eigenvalue weighted by molar-refractivity contribution is 5.88. The number of carboxylic acid groups (broad SMARTS) is 1. The molecule has 2 heterocycles. The Morgan fingerprint density at radius 1 is 1.07 bits per heavy atom. The van der Waals surface area contributed by atoms with Crippen molar-refractivity contribution in [3.05, 3.63) is 108 Å². The average molecular weight is 542 g/mol. The van der Waals surface area contributed by atoms with Crippen molar-refractivity contribution in [2.75, 3.05) is 13.1 Å². The third kappa shape index (κ3) is 6.86. The number of rotatable bonds is 8. The quantitative estimate of drug-likeness (QED) is 0.362. The Balaban J connectivity index is 1.16. The van der Waals surface area contributed by atoms with E-state index in [1.807, 2.05) is 67.6 Å². The number of nitrogens with one attached hydrogen (secondary N) is 1. The van der Waals surface area contributed by atoms with Crippen molar-refractivity contribution < 1.29 is 29.2 Å². The van der Waals surface area contributed by atoms with Crippen molar-refractivity contribution in [2.24, 2.45) is 16.8 Å². The number of hydrogen-bond acceptors (Lipinski definition) is 7. The van der Waals surface area contributed by atoms with Gasteiger partial charge in [0.15, 0.2) is 5.75 Å². The summed E-state index contributed by atoms with van der Waals surface area (Å²) in [5.74, 6) is 1.06. The van der Waals surface area contributed by atoms with Crippen LogP contribution in [0, 0.1) is 11.8 Å². The van der Waals surface area contributed by atoms with E-state index in [0.29, 0.717) is 30.2 Å². The van der Waals surface area contributed by atoms with Gasteiger partial charge in [-0.25, -0.2) is 9.79 Å².